The molecule has 0 unspecified atom stereocenters. The Hall–Kier alpha value is -1.26. The fraction of sp³-hybridized carbons (Fsp3) is 0. The number of rotatable bonds is 0. The van der Waals surface area contributed by atoms with Crippen molar-refractivity contribution in [3.05, 3.63) is 0 Å². The minimum absolute atomic E-state index is 0.690. The summed E-state index contributed by atoms with van der Waals surface area (Å²) in [5.74, 6) is 0. The van der Waals surface area contributed by atoms with Gasteiger partial charge in [-0.3, -0.25) is 5.32 Å². The van der Waals surface area contributed by atoms with Crippen LogP contribution in [0.15, 0.2) is 10.2 Å². The van der Waals surface area contributed by atoms with Gasteiger partial charge in [0.05, 0.1) is 0 Å². The lowest BCUT2D eigenvalue weighted by atomic mass is 11.0. The molecule has 1 aliphatic heterocycles. The van der Waals surface area contributed by atoms with E-state index >= 15 is 0 Å². The van der Waals surface area contributed by atoms with Crippen LogP contribution in [0.4, 0.5) is 9.59 Å². The van der Waals surface area contributed by atoms with Crippen LogP contribution in [0.1, 0.15) is 0 Å². The molecule has 0 fully saturated rings. The lowest BCUT2D eigenvalue weighted by molar-refractivity contribution is 0.243. The van der Waals surface area contributed by atoms with Gasteiger partial charge in [0.2, 0.25) is 0 Å². The predicted molar refractivity (Wildman–Crippen MR) is 18.8 cm³/mol. The van der Waals surface area contributed by atoms with Gasteiger partial charge in [-0.1, -0.05) is 10.2 Å². The second kappa shape index (κ2) is 1.11. The normalized spacial score (nSPS) is 17.7. The first-order valence-electron chi connectivity index (χ1n) is 1.56. The Morgan fingerprint density at radius 3 is 1.71 bits per heavy atom. The Morgan fingerprint density at radius 2 is 1.57 bits per heavy atom. The van der Waals surface area contributed by atoms with Gasteiger partial charge >= 0.3 is 12.1 Å². The molecule has 0 atom stereocenters. The lowest BCUT2D eigenvalue weighted by Crippen LogP contribution is -2.17. The van der Waals surface area contributed by atoms with E-state index in [0.29, 0.717) is 0 Å². The first-order valence-corrected chi connectivity index (χ1v) is 1.56. The molecule has 5 nitrogen and oxygen atoms in total. The summed E-state index contributed by atoms with van der Waals surface area (Å²) < 4.78 is 0. The van der Waals surface area contributed by atoms with Gasteiger partial charge in [-0.25, -0.2) is 9.59 Å². The minimum Gasteiger partial charge on any atom is -0.253 e. The van der Waals surface area contributed by atoms with Crippen molar-refractivity contribution in [1.82, 2.24) is 5.32 Å². The third-order valence-electron chi connectivity index (χ3n) is 0.446. The van der Waals surface area contributed by atoms with Gasteiger partial charge in [0.25, 0.3) is 0 Å². The molecule has 1 N–H and O–H groups in total. The zero-order valence-electron chi connectivity index (χ0n) is 3.21. The van der Waals surface area contributed by atoms with E-state index < -0.39 is 12.1 Å². The summed E-state index contributed by atoms with van der Waals surface area (Å²) in [4.78, 5) is 19.7. The molecule has 4 amide bonds. The van der Waals surface area contributed by atoms with Crippen LogP contribution in [-0.4, -0.2) is 12.1 Å². The molecule has 0 spiro atoms. The van der Waals surface area contributed by atoms with Crippen LogP contribution in [-0.2, 0) is 0 Å². The van der Waals surface area contributed by atoms with Gasteiger partial charge in [0.1, 0.15) is 0 Å². The highest BCUT2D eigenvalue weighted by molar-refractivity contribution is 5.98. The molecule has 1 heterocycles. The molecule has 36 valence electrons. The Balaban J connectivity index is 2.76. The number of azo groups is 1. The molecule has 0 radical (unpaired) electrons. The van der Waals surface area contributed by atoms with Crippen LogP contribution in [0.5, 0.6) is 0 Å². The van der Waals surface area contributed by atoms with Crippen molar-refractivity contribution in [3.63, 3.8) is 0 Å². The zero-order chi connectivity index (χ0) is 5.28. The largest absolute Gasteiger partial charge is 0.367 e. The highest BCUT2D eigenvalue weighted by atomic mass is 16.2. The average molecular weight is 99.0 g/mol. The van der Waals surface area contributed by atoms with Gasteiger partial charge in [0.15, 0.2) is 0 Å². The van der Waals surface area contributed by atoms with Gasteiger partial charge < -0.3 is 0 Å². The Bertz CT molecular complexity index is 133. The molecule has 0 aromatic rings. The van der Waals surface area contributed by atoms with Crippen molar-refractivity contribution in [1.29, 1.82) is 0 Å². The van der Waals surface area contributed by atoms with Gasteiger partial charge in [-0.2, -0.15) is 0 Å². The van der Waals surface area contributed by atoms with Crippen molar-refractivity contribution < 1.29 is 9.59 Å². The number of hydrogen-bond acceptors (Lipinski definition) is 2. The molecule has 0 saturated carbocycles. The first-order chi connectivity index (χ1) is 3.29. The van der Waals surface area contributed by atoms with E-state index in [4.69, 9.17) is 0 Å². The molecular weight excluding hydrogens is 98.0 g/mol. The van der Waals surface area contributed by atoms with E-state index in [2.05, 4.69) is 10.2 Å². The summed E-state index contributed by atoms with van der Waals surface area (Å²) in [6.45, 7) is 0. The third-order valence-corrected chi connectivity index (χ3v) is 0.446. The van der Waals surface area contributed by atoms with Crippen LogP contribution >= 0.6 is 0 Å². The zero-order valence-corrected chi connectivity index (χ0v) is 3.21. The summed E-state index contributed by atoms with van der Waals surface area (Å²) in [5, 5.41) is 7.49. The highest BCUT2D eigenvalue weighted by Crippen LogP contribution is 1.88. The summed E-state index contributed by atoms with van der Waals surface area (Å²) >= 11 is 0. The topological polar surface area (TPSA) is 70.9 Å². The Labute approximate surface area is 38.4 Å². The van der Waals surface area contributed by atoms with Crippen molar-refractivity contribution in [2.24, 2.45) is 10.2 Å². The SMILES string of the molecule is O=C1N=NC(=O)N1. The number of amides is 4. The van der Waals surface area contributed by atoms with Crippen molar-refractivity contribution in [2.75, 3.05) is 0 Å². The van der Waals surface area contributed by atoms with E-state index in [1.54, 1.807) is 5.32 Å². The Kier molecular flexibility index (Phi) is 0.619. The molecule has 0 bridgehead atoms. The second-order valence-electron chi connectivity index (χ2n) is 0.935. The fourth-order valence-corrected chi connectivity index (χ4v) is 0.232. The first kappa shape index (κ1) is 3.91. The van der Waals surface area contributed by atoms with Crippen LogP contribution < -0.4 is 5.32 Å². The fourth-order valence-electron chi connectivity index (χ4n) is 0.232. The van der Waals surface area contributed by atoms with E-state index in [1.165, 1.54) is 0 Å². The number of carbonyl (C=O) groups is 2. The molecule has 0 aromatic heterocycles. The van der Waals surface area contributed by atoms with Crippen LogP contribution in [0.2, 0.25) is 0 Å². The minimum atomic E-state index is -0.690. The van der Waals surface area contributed by atoms with E-state index in [9.17, 15) is 9.59 Å². The monoisotopic (exact) mass is 99.0 g/mol. The summed E-state index contributed by atoms with van der Waals surface area (Å²) in [7, 11) is 0. The van der Waals surface area contributed by atoms with E-state index in [1.807, 2.05) is 0 Å². The summed E-state index contributed by atoms with van der Waals surface area (Å²) in [6, 6.07) is -1.38. The quantitative estimate of drug-likeness (QED) is 0.473. The maximum Gasteiger partial charge on any atom is 0.367 e. The summed E-state index contributed by atoms with van der Waals surface area (Å²) in [5.41, 5.74) is 0. The standard InChI is InChI=1S/C2HN3O2/c6-1-3-2(7)5-4-1/h(H,3,6,7). The third kappa shape index (κ3) is 0.594. The number of hydrogen-bond donors (Lipinski definition) is 1. The molecule has 0 aromatic carbocycles. The highest BCUT2D eigenvalue weighted by Gasteiger charge is 2.11. The molecule has 7 heavy (non-hydrogen) atoms. The maximum absolute atomic E-state index is 9.86. The Morgan fingerprint density at radius 1 is 1.14 bits per heavy atom. The summed E-state index contributed by atoms with van der Waals surface area (Å²) in [6.07, 6.45) is 0. The van der Waals surface area contributed by atoms with E-state index in [-0.39, 0.29) is 0 Å². The van der Waals surface area contributed by atoms with Gasteiger partial charge in [-0.15, -0.1) is 0 Å². The predicted octanol–water partition coefficient (Wildman–Crippen LogP) is 0.282. The van der Waals surface area contributed by atoms with Gasteiger partial charge in [-0.05, 0) is 0 Å². The molecule has 5 heteroatoms. The molecule has 1 rings (SSSR count). The van der Waals surface area contributed by atoms with Crippen molar-refractivity contribution >= 4 is 12.1 Å². The number of carbonyl (C=O) groups excluding carboxylic acids is 2. The average Bonchev–Trinajstić information content (AvgIpc) is 1.87. The van der Waals surface area contributed by atoms with E-state index in [0.717, 1.165) is 0 Å². The number of imide groups is 1. The van der Waals surface area contributed by atoms with Crippen molar-refractivity contribution in [3.8, 4) is 0 Å². The molecule has 0 saturated heterocycles. The number of nitrogens with zero attached hydrogens (tertiary/aromatic N) is 2. The smallest absolute Gasteiger partial charge is 0.253 e. The molecule has 0 aliphatic carbocycles. The molecular formula is C2HN3O2. The second-order valence-corrected chi connectivity index (χ2v) is 0.935. The van der Waals surface area contributed by atoms with Crippen LogP contribution in [0.25, 0.3) is 0 Å². The van der Waals surface area contributed by atoms with Gasteiger partial charge in [0, 0.05) is 0 Å². The number of urea groups is 2. The van der Waals surface area contributed by atoms with Crippen molar-refractivity contribution in [2.45, 2.75) is 0 Å². The molecule has 1 aliphatic rings. The van der Waals surface area contributed by atoms with Crippen LogP contribution in [0.3, 0.4) is 0 Å². The maximum atomic E-state index is 9.86. The number of nitrogens with one attached hydrogen (secondary N) is 1. The lowest BCUT2D eigenvalue weighted by Gasteiger charge is -1.74. The van der Waals surface area contributed by atoms with Crippen LogP contribution in [0, 0.1) is 0 Å².